The second-order valence-corrected chi connectivity index (χ2v) is 3.86. The molecule has 0 aromatic carbocycles. The van der Waals surface area contributed by atoms with Crippen LogP contribution in [0.4, 0.5) is 0 Å². The monoisotopic (exact) mass is 181 g/mol. The van der Waals surface area contributed by atoms with E-state index in [0.29, 0.717) is 11.8 Å². The SMILES string of the molecule is CNCC(c1ncc(C)[nH]1)C(C)C. The molecular formula is C10H19N3. The molecule has 13 heavy (non-hydrogen) atoms. The molecule has 0 aliphatic heterocycles. The number of likely N-dealkylation sites (N-methyl/N-ethyl adjacent to an activating group) is 1. The number of aromatic amines is 1. The van der Waals surface area contributed by atoms with Crippen LogP contribution >= 0.6 is 0 Å². The lowest BCUT2D eigenvalue weighted by atomic mass is 9.95. The van der Waals surface area contributed by atoms with Gasteiger partial charge in [0.1, 0.15) is 5.82 Å². The van der Waals surface area contributed by atoms with Crippen LogP contribution < -0.4 is 5.32 Å². The Bertz CT molecular complexity index is 252. The molecule has 1 rings (SSSR count). The quantitative estimate of drug-likeness (QED) is 0.742. The second-order valence-electron chi connectivity index (χ2n) is 3.86. The van der Waals surface area contributed by atoms with Crippen LogP contribution in [-0.4, -0.2) is 23.6 Å². The lowest BCUT2D eigenvalue weighted by Gasteiger charge is -2.17. The third-order valence-electron chi connectivity index (χ3n) is 2.30. The maximum atomic E-state index is 4.36. The summed E-state index contributed by atoms with van der Waals surface area (Å²) in [6, 6.07) is 0. The number of nitrogens with zero attached hydrogens (tertiary/aromatic N) is 1. The maximum absolute atomic E-state index is 4.36. The fraction of sp³-hybridized carbons (Fsp3) is 0.700. The van der Waals surface area contributed by atoms with E-state index in [9.17, 15) is 0 Å². The molecule has 0 bridgehead atoms. The van der Waals surface area contributed by atoms with Crippen LogP contribution in [0.15, 0.2) is 6.20 Å². The Kier molecular flexibility index (Phi) is 3.48. The van der Waals surface area contributed by atoms with Crippen molar-refractivity contribution in [1.82, 2.24) is 15.3 Å². The summed E-state index contributed by atoms with van der Waals surface area (Å²) in [5.74, 6) is 2.19. The van der Waals surface area contributed by atoms with Crippen molar-refractivity contribution < 1.29 is 0 Å². The number of hydrogen-bond acceptors (Lipinski definition) is 2. The van der Waals surface area contributed by atoms with Gasteiger partial charge in [-0.05, 0) is 19.9 Å². The van der Waals surface area contributed by atoms with E-state index in [4.69, 9.17) is 0 Å². The predicted octanol–water partition coefficient (Wildman–Crippen LogP) is 1.68. The maximum Gasteiger partial charge on any atom is 0.110 e. The summed E-state index contributed by atoms with van der Waals surface area (Å²) in [4.78, 5) is 7.65. The minimum absolute atomic E-state index is 0.485. The van der Waals surface area contributed by atoms with Crippen molar-refractivity contribution in [1.29, 1.82) is 0 Å². The Morgan fingerprint density at radius 1 is 1.54 bits per heavy atom. The first-order valence-corrected chi connectivity index (χ1v) is 4.81. The van der Waals surface area contributed by atoms with Gasteiger partial charge in [-0.3, -0.25) is 0 Å². The Morgan fingerprint density at radius 3 is 2.62 bits per heavy atom. The number of aryl methyl sites for hydroxylation is 1. The van der Waals surface area contributed by atoms with E-state index in [2.05, 4.69) is 29.1 Å². The number of aromatic nitrogens is 2. The van der Waals surface area contributed by atoms with Crippen LogP contribution in [0.1, 0.15) is 31.3 Å². The first-order valence-electron chi connectivity index (χ1n) is 4.81. The van der Waals surface area contributed by atoms with Gasteiger partial charge in [0.25, 0.3) is 0 Å². The van der Waals surface area contributed by atoms with Crippen molar-refractivity contribution in [2.75, 3.05) is 13.6 Å². The molecule has 1 atom stereocenters. The summed E-state index contributed by atoms with van der Waals surface area (Å²) < 4.78 is 0. The van der Waals surface area contributed by atoms with Crippen LogP contribution in [0.25, 0.3) is 0 Å². The van der Waals surface area contributed by atoms with Gasteiger partial charge in [-0.25, -0.2) is 4.98 Å². The molecule has 3 heteroatoms. The molecule has 2 N–H and O–H groups in total. The topological polar surface area (TPSA) is 40.7 Å². The van der Waals surface area contributed by atoms with E-state index in [1.807, 2.05) is 20.2 Å². The number of hydrogen-bond donors (Lipinski definition) is 2. The van der Waals surface area contributed by atoms with Crippen molar-refractivity contribution >= 4 is 0 Å². The summed E-state index contributed by atoms with van der Waals surface area (Å²) in [5.41, 5.74) is 1.14. The minimum Gasteiger partial charge on any atom is -0.346 e. The zero-order valence-corrected chi connectivity index (χ0v) is 8.89. The van der Waals surface area contributed by atoms with E-state index in [-0.39, 0.29) is 0 Å². The molecule has 0 radical (unpaired) electrons. The van der Waals surface area contributed by atoms with E-state index in [1.54, 1.807) is 0 Å². The molecule has 74 valence electrons. The Morgan fingerprint density at radius 2 is 2.23 bits per heavy atom. The largest absolute Gasteiger partial charge is 0.346 e. The third-order valence-corrected chi connectivity index (χ3v) is 2.30. The first-order chi connectivity index (χ1) is 6.15. The van der Waals surface area contributed by atoms with Crippen molar-refractivity contribution in [2.24, 2.45) is 5.92 Å². The van der Waals surface area contributed by atoms with E-state index in [0.717, 1.165) is 18.1 Å². The lowest BCUT2D eigenvalue weighted by Crippen LogP contribution is -2.22. The molecule has 0 aliphatic carbocycles. The van der Waals surface area contributed by atoms with E-state index >= 15 is 0 Å². The van der Waals surface area contributed by atoms with Gasteiger partial charge in [0.05, 0.1) is 0 Å². The number of H-pyrrole nitrogens is 1. The third kappa shape index (κ3) is 2.56. The Hall–Kier alpha value is -0.830. The zero-order valence-electron chi connectivity index (χ0n) is 8.89. The summed E-state index contributed by atoms with van der Waals surface area (Å²) >= 11 is 0. The summed E-state index contributed by atoms with van der Waals surface area (Å²) in [6.07, 6.45) is 1.89. The van der Waals surface area contributed by atoms with Gasteiger partial charge in [0, 0.05) is 24.4 Å². The molecular weight excluding hydrogens is 162 g/mol. The van der Waals surface area contributed by atoms with Gasteiger partial charge in [0.15, 0.2) is 0 Å². The Labute approximate surface area is 80.0 Å². The number of rotatable bonds is 4. The highest BCUT2D eigenvalue weighted by Gasteiger charge is 2.17. The van der Waals surface area contributed by atoms with Crippen molar-refractivity contribution in [2.45, 2.75) is 26.7 Å². The molecule has 0 saturated carbocycles. The molecule has 0 spiro atoms. The normalized spacial score (nSPS) is 13.6. The van der Waals surface area contributed by atoms with Crippen molar-refractivity contribution in [3.8, 4) is 0 Å². The lowest BCUT2D eigenvalue weighted by molar-refractivity contribution is 0.460. The van der Waals surface area contributed by atoms with Gasteiger partial charge < -0.3 is 10.3 Å². The van der Waals surface area contributed by atoms with Gasteiger partial charge in [0.2, 0.25) is 0 Å². The van der Waals surface area contributed by atoms with Gasteiger partial charge in [-0.1, -0.05) is 13.8 Å². The predicted molar refractivity (Wildman–Crippen MR) is 54.8 cm³/mol. The van der Waals surface area contributed by atoms with Crippen LogP contribution in [0.2, 0.25) is 0 Å². The van der Waals surface area contributed by atoms with Gasteiger partial charge in [-0.2, -0.15) is 0 Å². The van der Waals surface area contributed by atoms with E-state index < -0.39 is 0 Å². The molecule has 1 heterocycles. The molecule has 0 amide bonds. The summed E-state index contributed by atoms with van der Waals surface area (Å²) in [7, 11) is 1.98. The first kappa shape index (κ1) is 10.3. The van der Waals surface area contributed by atoms with Crippen LogP contribution in [-0.2, 0) is 0 Å². The highest BCUT2D eigenvalue weighted by atomic mass is 14.9. The second kappa shape index (κ2) is 4.42. The average Bonchev–Trinajstić information content (AvgIpc) is 2.46. The number of imidazole rings is 1. The highest BCUT2D eigenvalue weighted by molar-refractivity contribution is 5.05. The fourth-order valence-electron chi connectivity index (χ4n) is 1.49. The summed E-state index contributed by atoms with van der Waals surface area (Å²) in [5, 5.41) is 3.20. The van der Waals surface area contributed by atoms with Crippen LogP contribution in [0.5, 0.6) is 0 Å². The van der Waals surface area contributed by atoms with Crippen LogP contribution in [0, 0.1) is 12.8 Å². The smallest absolute Gasteiger partial charge is 0.110 e. The average molecular weight is 181 g/mol. The van der Waals surface area contributed by atoms with E-state index in [1.165, 1.54) is 0 Å². The van der Waals surface area contributed by atoms with Crippen molar-refractivity contribution in [3.63, 3.8) is 0 Å². The standard InChI is InChI=1S/C10H19N3/c1-7(2)9(6-11-4)10-12-5-8(3)13-10/h5,7,9,11H,6H2,1-4H3,(H,12,13). The molecule has 1 aromatic rings. The molecule has 1 unspecified atom stereocenters. The van der Waals surface area contributed by atoms with Crippen molar-refractivity contribution in [3.05, 3.63) is 17.7 Å². The molecule has 0 saturated heterocycles. The number of nitrogens with one attached hydrogen (secondary N) is 2. The molecule has 0 aliphatic rings. The molecule has 3 nitrogen and oxygen atoms in total. The highest BCUT2D eigenvalue weighted by Crippen LogP contribution is 2.20. The minimum atomic E-state index is 0.485. The zero-order chi connectivity index (χ0) is 9.84. The molecule has 0 fully saturated rings. The van der Waals surface area contributed by atoms with Gasteiger partial charge in [-0.15, -0.1) is 0 Å². The Balaban J connectivity index is 2.75. The summed E-state index contributed by atoms with van der Waals surface area (Å²) in [6.45, 7) is 7.46. The van der Waals surface area contributed by atoms with Gasteiger partial charge >= 0.3 is 0 Å². The fourth-order valence-corrected chi connectivity index (χ4v) is 1.49. The van der Waals surface area contributed by atoms with Crippen LogP contribution in [0.3, 0.4) is 0 Å². The molecule has 1 aromatic heterocycles.